The minimum absolute atomic E-state index is 0.104. The van der Waals surface area contributed by atoms with Gasteiger partial charge in [-0.1, -0.05) is 0 Å². The molecule has 0 spiro atoms. The van der Waals surface area contributed by atoms with Crippen LogP contribution in [-0.4, -0.2) is 54.0 Å². The lowest BCUT2D eigenvalue weighted by Gasteiger charge is -2.16. The minimum Gasteiger partial charge on any atom is -0.493 e. The first-order chi connectivity index (χ1) is 10.7. The summed E-state index contributed by atoms with van der Waals surface area (Å²) in [7, 11) is 6.27. The van der Waals surface area contributed by atoms with Crippen LogP contribution in [0.25, 0.3) is 0 Å². The molecule has 7 heteroatoms. The summed E-state index contributed by atoms with van der Waals surface area (Å²) in [5, 5.41) is 5.80. The van der Waals surface area contributed by atoms with E-state index in [0.29, 0.717) is 36.9 Å². The standard InChI is InChI=1S/C15H24N2O5/c1-19-8-7-16-10-13(18)17-9-11-5-6-12(20-2)15(22-4)14(11)21-3/h5-6,16H,7-10H2,1-4H3,(H,17,18). The van der Waals surface area contributed by atoms with Crippen molar-refractivity contribution in [2.24, 2.45) is 0 Å². The Labute approximate surface area is 130 Å². The molecule has 2 N–H and O–H groups in total. The molecule has 0 bridgehead atoms. The third-order valence-electron chi connectivity index (χ3n) is 3.03. The molecule has 0 aliphatic rings. The molecule has 1 amide bonds. The van der Waals surface area contributed by atoms with Crippen molar-refractivity contribution in [2.45, 2.75) is 6.54 Å². The zero-order valence-electron chi connectivity index (χ0n) is 13.5. The van der Waals surface area contributed by atoms with Crippen LogP contribution >= 0.6 is 0 Å². The van der Waals surface area contributed by atoms with E-state index in [1.165, 1.54) is 0 Å². The van der Waals surface area contributed by atoms with E-state index in [9.17, 15) is 4.79 Å². The van der Waals surface area contributed by atoms with Crippen molar-refractivity contribution in [2.75, 3.05) is 48.1 Å². The van der Waals surface area contributed by atoms with Gasteiger partial charge in [0.2, 0.25) is 11.7 Å². The Morgan fingerprint density at radius 2 is 1.77 bits per heavy atom. The van der Waals surface area contributed by atoms with Crippen molar-refractivity contribution >= 4 is 5.91 Å². The summed E-state index contributed by atoms with van der Waals surface area (Å²) in [6, 6.07) is 3.61. The number of carbonyl (C=O) groups is 1. The van der Waals surface area contributed by atoms with Crippen molar-refractivity contribution in [1.29, 1.82) is 0 Å². The van der Waals surface area contributed by atoms with Crippen LogP contribution in [0.15, 0.2) is 12.1 Å². The van der Waals surface area contributed by atoms with Crippen LogP contribution in [0.1, 0.15) is 5.56 Å². The van der Waals surface area contributed by atoms with E-state index in [4.69, 9.17) is 18.9 Å². The quantitative estimate of drug-likeness (QED) is 0.615. The maximum atomic E-state index is 11.7. The topological polar surface area (TPSA) is 78.1 Å². The highest BCUT2D eigenvalue weighted by Crippen LogP contribution is 2.39. The molecule has 7 nitrogen and oxygen atoms in total. The van der Waals surface area contributed by atoms with Gasteiger partial charge in [0.15, 0.2) is 11.5 Å². The average Bonchev–Trinajstić information content (AvgIpc) is 2.55. The van der Waals surface area contributed by atoms with Crippen molar-refractivity contribution in [3.05, 3.63) is 17.7 Å². The number of carbonyl (C=O) groups excluding carboxylic acids is 1. The average molecular weight is 312 g/mol. The van der Waals surface area contributed by atoms with Gasteiger partial charge in [-0.15, -0.1) is 0 Å². The van der Waals surface area contributed by atoms with Gasteiger partial charge < -0.3 is 29.6 Å². The second-order valence-corrected chi connectivity index (χ2v) is 4.44. The van der Waals surface area contributed by atoms with Crippen molar-refractivity contribution in [1.82, 2.24) is 10.6 Å². The Morgan fingerprint density at radius 1 is 1.05 bits per heavy atom. The number of hydrogen-bond donors (Lipinski definition) is 2. The number of methoxy groups -OCH3 is 4. The summed E-state index contributed by atoms with van der Waals surface area (Å²) in [5.74, 6) is 1.54. The summed E-state index contributed by atoms with van der Waals surface area (Å²) < 4.78 is 20.8. The van der Waals surface area contributed by atoms with Gasteiger partial charge >= 0.3 is 0 Å². The SMILES string of the molecule is COCCNCC(=O)NCc1ccc(OC)c(OC)c1OC. The fourth-order valence-corrected chi connectivity index (χ4v) is 1.93. The molecule has 0 saturated heterocycles. The summed E-state index contributed by atoms with van der Waals surface area (Å²) in [5.41, 5.74) is 0.811. The number of amides is 1. The zero-order chi connectivity index (χ0) is 16.4. The number of nitrogens with one attached hydrogen (secondary N) is 2. The van der Waals surface area contributed by atoms with Gasteiger partial charge in [0.05, 0.1) is 34.5 Å². The Balaban J connectivity index is 2.63. The number of ether oxygens (including phenoxy) is 4. The van der Waals surface area contributed by atoms with Gasteiger partial charge in [-0.05, 0) is 12.1 Å². The second-order valence-electron chi connectivity index (χ2n) is 4.44. The van der Waals surface area contributed by atoms with Crippen molar-refractivity contribution in [3.8, 4) is 17.2 Å². The van der Waals surface area contributed by atoms with Gasteiger partial charge in [-0.3, -0.25) is 4.79 Å². The summed E-state index contributed by atoms with van der Waals surface area (Å²) in [6.07, 6.45) is 0. The van der Waals surface area contributed by atoms with E-state index >= 15 is 0 Å². The maximum Gasteiger partial charge on any atom is 0.234 e. The predicted molar refractivity (Wildman–Crippen MR) is 82.7 cm³/mol. The molecule has 1 aromatic rings. The maximum absolute atomic E-state index is 11.7. The largest absolute Gasteiger partial charge is 0.493 e. The highest BCUT2D eigenvalue weighted by atomic mass is 16.5. The molecular weight excluding hydrogens is 288 g/mol. The molecule has 0 aliphatic carbocycles. The molecule has 0 saturated carbocycles. The number of hydrogen-bond acceptors (Lipinski definition) is 6. The molecule has 0 heterocycles. The first-order valence-electron chi connectivity index (χ1n) is 6.92. The van der Waals surface area contributed by atoms with E-state index in [1.807, 2.05) is 6.07 Å². The Kier molecular flexibility index (Phi) is 8.09. The molecule has 1 rings (SSSR count). The van der Waals surface area contributed by atoms with E-state index in [1.54, 1.807) is 34.5 Å². The summed E-state index contributed by atoms with van der Waals surface area (Å²) >= 11 is 0. The summed E-state index contributed by atoms with van der Waals surface area (Å²) in [6.45, 7) is 1.77. The minimum atomic E-state index is -0.104. The molecule has 1 aromatic carbocycles. The lowest BCUT2D eigenvalue weighted by Crippen LogP contribution is -2.34. The van der Waals surface area contributed by atoms with E-state index < -0.39 is 0 Å². The van der Waals surface area contributed by atoms with Gasteiger partial charge in [0.1, 0.15) is 0 Å². The Bertz CT molecular complexity index is 479. The highest BCUT2D eigenvalue weighted by Gasteiger charge is 2.16. The lowest BCUT2D eigenvalue weighted by atomic mass is 10.1. The van der Waals surface area contributed by atoms with Gasteiger partial charge in [-0.25, -0.2) is 0 Å². The summed E-state index contributed by atoms with van der Waals surface area (Å²) in [4.78, 5) is 11.7. The fraction of sp³-hybridized carbons (Fsp3) is 0.533. The van der Waals surface area contributed by atoms with Crippen molar-refractivity contribution < 1.29 is 23.7 Å². The molecule has 22 heavy (non-hydrogen) atoms. The van der Waals surface area contributed by atoms with Crippen LogP contribution in [0.4, 0.5) is 0 Å². The van der Waals surface area contributed by atoms with Crippen LogP contribution in [0.5, 0.6) is 17.2 Å². The van der Waals surface area contributed by atoms with Crippen LogP contribution in [0.3, 0.4) is 0 Å². The third kappa shape index (κ3) is 5.09. The predicted octanol–water partition coefficient (Wildman–Crippen LogP) is 0.565. The highest BCUT2D eigenvalue weighted by molar-refractivity contribution is 5.78. The Hall–Kier alpha value is -1.99. The molecule has 0 aliphatic heterocycles. The van der Waals surface area contributed by atoms with Gasteiger partial charge in [0.25, 0.3) is 0 Å². The van der Waals surface area contributed by atoms with E-state index in [2.05, 4.69) is 10.6 Å². The first kappa shape index (κ1) is 18.1. The zero-order valence-corrected chi connectivity index (χ0v) is 13.5. The molecule has 0 aromatic heterocycles. The van der Waals surface area contributed by atoms with E-state index in [-0.39, 0.29) is 12.5 Å². The molecule has 0 radical (unpaired) electrons. The fourth-order valence-electron chi connectivity index (χ4n) is 1.93. The van der Waals surface area contributed by atoms with Crippen LogP contribution < -0.4 is 24.8 Å². The first-order valence-corrected chi connectivity index (χ1v) is 6.92. The molecule has 0 unspecified atom stereocenters. The van der Waals surface area contributed by atoms with Gasteiger partial charge in [0, 0.05) is 25.8 Å². The van der Waals surface area contributed by atoms with Gasteiger partial charge in [-0.2, -0.15) is 0 Å². The van der Waals surface area contributed by atoms with Crippen molar-refractivity contribution in [3.63, 3.8) is 0 Å². The molecule has 0 fully saturated rings. The molecule has 124 valence electrons. The monoisotopic (exact) mass is 312 g/mol. The Morgan fingerprint density at radius 3 is 2.36 bits per heavy atom. The number of benzene rings is 1. The van der Waals surface area contributed by atoms with Crippen LogP contribution in [0.2, 0.25) is 0 Å². The number of rotatable bonds is 10. The second kappa shape index (κ2) is 9.86. The smallest absolute Gasteiger partial charge is 0.234 e. The van der Waals surface area contributed by atoms with Crippen LogP contribution in [0, 0.1) is 0 Å². The molecule has 0 atom stereocenters. The lowest BCUT2D eigenvalue weighted by molar-refractivity contribution is -0.120. The van der Waals surface area contributed by atoms with E-state index in [0.717, 1.165) is 5.56 Å². The normalized spacial score (nSPS) is 10.2. The molecular formula is C15H24N2O5. The third-order valence-corrected chi connectivity index (χ3v) is 3.03. The van der Waals surface area contributed by atoms with Crippen LogP contribution in [-0.2, 0) is 16.1 Å².